The van der Waals surface area contributed by atoms with Gasteiger partial charge in [-0.3, -0.25) is 4.57 Å². The predicted molar refractivity (Wildman–Crippen MR) is 74.1 cm³/mol. The molecule has 1 aromatic heterocycles. The summed E-state index contributed by atoms with van der Waals surface area (Å²) >= 11 is 1.25. The molecule has 7 nitrogen and oxygen atoms in total. The Hall–Kier alpha value is -1.09. The van der Waals surface area contributed by atoms with Gasteiger partial charge in [-0.1, -0.05) is 0 Å². The van der Waals surface area contributed by atoms with Crippen LogP contribution in [0.3, 0.4) is 0 Å². The van der Waals surface area contributed by atoms with E-state index in [9.17, 15) is 20.1 Å². The number of aromatic nitrogens is 2. The van der Waals surface area contributed by atoms with Crippen molar-refractivity contribution in [1.82, 2.24) is 9.55 Å². The number of aliphatic hydroxyl groups is 3. The van der Waals surface area contributed by atoms with Crippen molar-refractivity contribution in [2.24, 2.45) is 0 Å². The average Bonchev–Trinajstić information content (AvgIpc) is 2.88. The van der Waals surface area contributed by atoms with Gasteiger partial charge in [-0.25, -0.2) is 4.79 Å². The summed E-state index contributed by atoms with van der Waals surface area (Å²) in [5.74, 6) is 0.111. The first-order valence-corrected chi connectivity index (χ1v) is 7.40. The molecule has 0 unspecified atom stereocenters. The molecule has 1 aliphatic heterocycles. The summed E-state index contributed by atoms with van der Waals surface area (Å²) in [6.45, 7) is 0. The van der Waals surface area contributed by atoms with Crippen LogP contribution in [-0.2, 0) is 0 Å². The van der Waals surface area contributed by atoms with Crippen LogP contribution >= 0.6 is 11.8 Å². The topological polar surface area (TPSA) is 122 Å². The first kappa shape index (κ1) is 13.9. The molecular formula is C12H17N3O4S. The fourth-order valence-corrected chi connectivity index (χ4v) is 4.94. The fraction of sp³-hybridized carbons (Fsp3) is 0.667. The molecule has 8 heteroatoms. The first-order valence-electron chi connectivity index (χ1n) is 6.52. The van der Waals surface area contributed by atoms with Crippen LogP contribution in [0.5, 0.6) is 0 Å². The third-order valence-corrected chi connectivity index (χ3v) is 6.10. The third kappa shape index (κ3) is 1.86. The van der Waals surface area contributed by atoms with E-state index in [0.717, 1.165) is 6.42 Å². The van der Waals surface area contributed by atoms with Gasteiger partial charge in [0.05, 0.1) is 17.0 Å². The van der Waals surface area contributed by atoms with Crippen molar-refractivity contribution in [2.45, 2.75) is 47.7 Å². The van der Waals surface area contributed by atoms with E-state index >= 15 is 0 Å². The van der Waals surface area contributed by atoms with Crippen LogP contribution in [-0.4, -0.2) is 47.9 Å². The molecule has 1 saturated carbocycles. The van der Waals surface area contributed by atoms with Crippen molar-refractivity contribution in [3.63, 3.8) is 0 Å². The molecule has 1 aromatic rings. The van der Waals surface area contributed by atoms with Gasteiger partial charge in [0, 0.05) is 6.20 Å². The molecular weight excluding hydrogens is 282 g/mol. The monoisotopic (exact) mass is 299 g/mol. The molecule has 3 rings (SSSR count). The molecule has 110 valence electrons. The largest absolute Gasteiger partial charge is 0.392 e. The SMILES string of the molecule is Nc1ccn([C@@H]2S[C@]3(CCC[C@@H]3O)[C@@H](O)[C@H]2O)c(=O)n1. The quantitative estimate of drug-likeness (QED) is 0.529. The zero-order valence-electron chi connectivity index (χ0n) is 10.7. The minimum absolute atomic E-state index is 0.111. The van der Waals surface area contributed by atoms with Crippen LogP contribution < -0.4 is 11.4 Å². The summed E-state index contributed by atoms with van der Waals surface area (Å²) in [6, 6.07) is 1.47. The highest BCUT2D eigenvalue weighted by Gasteiger charge is 2.59. The molecule has 0 radical (unpaired) electrons. The second kappa shape index (κ2) is 4.73. The highest BCUT2D eigenvalue weighted by molar-refractivity contribution is 8.01. The average molecular weight is 299 g/mol. The Morgan fingerprint density at radius 1 is 1.45 bits per heavy atom. The molecule has 5 N–H and O–H groups in total. The zero-order valence-corrected chi connectivity index (χ0v) is 11.5. The Labute approximate surface area is 119 Å². The summed E-state index contributed by atoms with van der Waals surface area (Å²) in [4.78, 5) is 15.5. The Morgan fingerprint density at radius 3 is 2.80 bits per heavy atom. The van der Waals surface area contributed by atoms with E-state index in [1.807, 2.05) is 0 Å². The van der Waals surface area contributed by atoms with E-state index in [2.05, 4.69) is 4.98 Å². The lowest BCUT2D eigenvalue weighted by Gasteiger charge is -2.30. The Kier molecular flexibility index (Phi) is 3.28. The summed E-state index contributed by atoms with van der Waals surface area (Å²) in [5.41, 5.74) is 4.87. The van der Waals surface area contributed by atoms with Crippen molar-refractivity contribution in [3.05, 3.63) is 22.7 Å². The molecule has 1 aliphatic carbocycles. The maximum atomic E-state index is 11.9. The highest BCUT2D eigenvalue weighted by Crippen LogP contribution is 2.56. The van der Waals surface area contributed by atoms with E-state index < -0.39 is 34.1 Å². The number of thioether (sulfide) groups is 1. The zero-order chi connectivity index (χ0) is 14.5. The number of nitrogen functional groups attached to an aromatic ring is 1. The van der Waals surface area contributed by atoms with Gasteiger partial charge in [-0.05, 0) is 25.3 Å². The fourth-order valence-electron chi connectivity index (χ4n) is 3.12. The van der Waals surface area contributed by atoms with E-state index in [1.165, 1.54) is 28.6 Å². The number of nitrogens with two attached hydrogens (primary N) is 1. The van der Waals surface area contributed by atoms with Crippen LogP contribution in [0.15, 0.2) is 17.1 Å². The van der Waals surface area contributed by atoms with Gasteiger partial charge in [-0.15, -0.1) is 11.8 Å². The van der Waals surface area contributed by atoms with Crippen molar-refractivity contribution >= 4 is 17.6 Å². The highest BCUT2D eigenvalue weighted by atomic mass is 32.2. The van der Waals surface area contributed by atoms with Crippen molar-refractivity contribution in [2.75, 3.05) is 5.73 Å². The number of aliphatic hydroxyl groups excluding tert-OH is 3. The van der Waals surface area contributed by atoms with E-state index in [-0.39, 0.29) is 5.82 Å². The van der Waals surface area contributed by atoms with Gasteiger partial charge in [0.15, 0.2) is 0 Å². The summed E-state index contributed by atoms with van der Waals surface area (Å²) in [5, 5.41) is 30.0. The van der Waals surface area contributed by atoms with E-state index in [1.54, 1.807) is 0 Å². The number of nitrogens with zero attached hydrogens (tertiary/aromatic N) is 2. The molecule has 0 amide bonds. The third-order valence-electron chi connectivity index (χ3n) is 4.19. The molecule has 1 spiro atoms. The van der Waals surface area contributed by atoms with Crippen LogP contribution in [0.2, 0.25) is 0 Å². The summed E-state index contributed by atoms with van der Waals surface area (Å²) < 4.78 is 0.458. The minimum atomic E-state index is -1.13. The molecule has 5 atom stereocenters. The van der Waals surface area contributed by atoms with Crippen LogP contribution in [0.25, 0.3) is 0 Å². The van der Waals surface area contributed by atoms with Crippen LogP contribution in [0.1, 0.15) is 24.6 Å². The maximum absolute atomic E-state index is 11.9. The van der Waals surface area contributed by atoms with Crippen LogP contribution in [0, 0.1) is 0 Å². The first-order chi connectivity index (χ1) is 9.45. The standard InChI is InChI=1S/C12H17N3O4S/c13-7-3-5-15(11(19)14-7)10-8(17)9(18)12(20-10)4-1-2-6(12)16/h3,5-6,8-10,16-18H,1-2,4H2,(H2,13,14,19)/t6-,8+,9-,10+,12-/m0/s1. The lowest BCUT2D eigenvalue weighted by atomic mass is 9.94. The van der Waals surface area contributed by atoms with E-state index in [4.69, 9.17) is 5.73 Å². The number of hydrogen-bond donors (Lipinski definition) is 4. The molecule has 20 heavy (non-hydrogen) atoms. The molecule has 0 bridgehead atoms. The van der Waals surface area contributed by atoms with Gasteiger partial charge >= 0.3 is 5.69 Å². The van der Waals surface area contributed by atoms with E-state index in [0.29, 0.717) is 12.8 Å². The normalized spacial score (nSPS) is 40.5. The van der Waals surface area contributed by atoms with Gasteiger partial charge in [0.25, 0.3) is 0 Å². The van der Waals surface area contributed by atoms with Crippen molar-refractivity contribution < 1.29 is 15.3 Å². The smallest absolute Gasteiger partial charge is 0.350 e. The summed E-state index contributed by atoms with van der Waals surface area (Å²) in [7, 11) is 0. The second-order valence-electron chi connectivity index (χ2n) is 5.35. The van der Waals surface area contributed by atoms with Gasteiger partial charge in [0.1, 0.15) is 17.3 Å². The molecule has 1 saturated heterocycles. The lowest BCUT2D eigenvalue weighted by Crippen LogP contribution is -2.46. The van der Waals surface area contributed by atoms with Gasteiger partial charge in [0.2, 0.25) is 0 Å². The van der Waals surface area contributed by atoms with Gasteiger partial charge in [-0.2, -0.15) is 4.98 Å². The predicted octanol–water partition coefficient (Wildman–Crippen LogP) is -0.924. The summed E-state index contributed by atoms with van der Waals surface area (Å²) in [6.07, 6.45) is 0.580. The molecule has 2 heterocycles. The van der Waals surface area contributed by atoms with Gasteiger partial charge < -0.3 is 21.1 Å². The number of hydrogen-bond acceptors (Lipinski definition) is 7. The number of rotatable bonds is 1. The molecule has 2 fully saturated rings. The minimum Gasteiger partial charge on any atom is -0.392 e. The maximum Gasteiger partial charge on any atom is 0.350 e. The molecule has 0 aromatic carbocycles. The number of anilines is 1. The van der Waals surface area contributed by atoms with Crippen molar-refractivity contribution in [1.29, 1.82) is 0 Å². The second-order valence-corrected chi connectivity index (χ2v) is 6.83. The van der Waals surface area contributed by atoms with Crippen LogP contribution in [0.4, 0.5) is 5.82 Å². The Bertz CT molecular complexity index is 580. The van der Waals surface area contributed by atoms with Crippen molar-refractivity contribution in [3.8, 4) is 0 Å². The Balaban J connectivity index is 1.98. The lowest BCUT2D eigenvalue weighted by molar-refractivity contribution is -0.0258. The molecule has 2 aliphatic rings. The Morgan fingerprint density at radius 2 is 2.20 bits per heavy atom.